The summed E-state index contributed by atoms with van der Waals surface area (Å²) >= 11 is 0. The molecule has 1 aliphatic heterocycles. The van der Waals surface area contributed by atoms with Gasteiger partial charge in [-0.05, 0) is 30.2 Å². The standard InChI is InChI=1S/C21H30N4O5/c1-14(2)13-30-19(27)11-17-20(28)22-9-10-25(17)18(26)12-23-16-7-5-15(6-8-16)21(29)24(3)4/h5-8,14,17,23H,9-13H2,1-4H3,(H,22,28). The number of anilines is 1. The van der Waals surface area contributed by atoms with Crippen molar-refractivity contribution in [1.82, 2.24) is 15.1 Å². The number of hydrogen-bond donors (Lipinski definition) is 2. The molecule has 2 rings (SSSR count). The molecule has 1 atom stereocenters. The van der Waals surface area contributed by atoms with Crippen LogP contribution in [-0.4, -0.2) is 79.9 Å². The summed E-state index contributed by atoms with van der Waals surface area (Å²) < 4.78 is 5.16. The normalized spacial score (nSPS) is 16.1. The lowest BCUT2D eigenvalue weighted by Gasteiger charge is -2.34. The van der Waals surface area contributed by atoms with Crippen molar-refractivity contribution < 1.29 is 23.9 Å². The average molecular weight is 418 g/mol. The lowest BCUT2D eigenvalue weighted by Crippen LogP contribution is -2.58. The molecule has 0 aromatic heterocycles. The minimum absolute atomic E-state index is 0.0359. The Labute approximate surface area is 176 Å². The monoisotopic (exact) mass is 418 g/mol. The van der Waals surface area contributed by atoms with Crippen LogP contribution in [0, 0.1) is 5.92 Å². The van der Waals surface area contributed by atoms with E-state index in [9.17, 15) is 19.2 Å². The van der Waals surface area contributed by atoms with Crippen molar-refractivity contribution in [3.05, 3.63) is 29.8 Å². The molecule has 9 heteroatoms. The second kappa shape index (κ2) is 10.6. The van der Waals surface area contributed by atoms with Crippen molar-refractivity contribution in [1.29, 1.82) is 0 Å². The van der Waals surface area contributed by atoms with Crippen LogP contribution in [0.4, 0.5) is 5.69 Å². The number of hydrogen-bond acceptors (Lipinski definition) is 6. The highest BCUT2D eigenvalue weighted by molar-refractivity contribution is 5.94. The molecule has 1 heterocycles. The van der Waals surface area contributed by atoms with Gasteiger partial charge in [-0.1, -0.05) is 13.8 Å². The number of rotatable bonds is 8. The van der Waals surface area contributed by atoms with E-state index in [0.29, 0.717) is 24.3 Å². The topological polar surface area (TPSA) is 108 Å². The average Bonchev–Trinajstić information content (AvgIpc) is 2.71. The highest BCUT2D eigenvalue weighted by Gasteiger charge is 2.35. The zero-order chi connectivity index (χ0) is 22.3. The van der Waals surface area contributed by atoms with Crippen LogP contribution >= 0.6 is 0 Å². The Hall–Kier alpha value is -3.10. The van der Waals surface area contributed by atoms with Crippen LogP contribution in [0.3, 0.4) is 0 Å². The lowest BCUT2D eigenvalue weighted by molar-refractivity contribution is -0.152. The van der Waals surface area contributed by atoms with Crippen LogP contribution in [0.1, 0.15) is 30.6 Å². The van der Waals surface area contributed by atoms with Crippen LogP contribution in [0.15, 0.2) is 24.3 Å². The minimum Gasteiger partial charge on any atom is -0.465 e. The fraction of sp³-hybridized carbons (Fsp3) is 0.524. The molecule has 1 fully saturated rings. The van der Waals surface area contributed by atoms with E-state index in [4.69, 9.17) is 4.74 Å². The SMILES string of the molecule is CC(C)COC(=O)CC1C(=O)NCCN1C(=O)CNc1ccc(C(=O)N(C)C)cc1. The molecule has 0 spiro atoms. The van der Waals surface area contributed by atoms with E-state index in [1.807, 2.05) is 13.8 Å². The fourth-order valence-corrected chi connectivity index (χ4v) is 2.96. The Bertz CT molecular complexity index is 776. The first kappa shape index (κ1) is 23.2. The Kier molecular flexibility index (Phi) is 8.20. The maximum absolute atomic E-state index is 12.7. The van der Waals surface area contributed by atoms with E-state index in [2.05, 4.69) is 10.6 Å². The fourth-order valence-electron chi connectivity index (χ4n) is 2.96. The van der Waals surface area contributed by atoms with Crippen molar-refractivity contribution in [2.45, 2.75) is 26.3 Å². The summed E-state index contributed by atoms with van der Waals surface area (Å²) in [6.45, 7) is 4.74. The van der Waals surface area contributed by atoms with Gasteiger partial charge in [-0.25, -0.2) is 0 Å². The van der Waals surface area contributed by atoms with E-state index in [-0.39, 0.29) is 43.2 Å². The summed E-state index contributed by atoms with van der Waals surface area (Å²) in [4.78, 5) is 51.8. The molecular weight excluding hydrogens is 388 g/mol. The van der Waals surface area contributed by atoms with Crippen LogP contribution in [-0.2, 0) is 19.1 Å². The summed E-state index contributed by atoms with van der Waals surface area (Å²) in [7, 11) is 3.36. The molecular formula is C21H30N4O5. The van der Waals surface area contributed by atoms with Gasteiger partial charge in [0.15, 0.2) is 0 Å². The van der Waals surface area contributed by atoms with Crippen LogP contribution in [0.2, 0.25) is 0 Å². The largest absolute Gasteiger partial charge is 0.465 e. The van der Waals surface area contributed by atoms with Crippen LogP contribution in [0.5, 0.6) is 0 Å². The van der Waals surface area contributed by atoms with Crippen molar-refractivity contribution in [2.24, 2.45) is 5.92 Å². The first-order valence-electron chi connectivity index (χ1n) is 9.97. The molecule has 1 aromatic carbocycles. The third kappa shape index (κ3) is 6.47. The Balaban J connectivity index is 1.95. The van der Waals surface area contributed by atoms with Crippen LogP contribution < -0.4 is 10.6 Å². The van der Waals surface area contributed by atoms with Gasteiger partial charge in [-0.2, -0.15) is 0 Å². The molecule has 164 valence electrons. The number of ether oxygens (including phenoxy) is 1. The van der Waals surface area contributed by atoms with Gasteiger partial charge in [-0.3, -0.25) is 19.2 Å². The molecule has 0 radical (unpaired) electrons. The first-order valence-corrected chi connectivity index (χ1v) is 9.97. The quantitative estimate of drug-likeness (QED) is 0.602. The maximum atomic E-state index is 12.7. The molecule has 0 bridgehead atoms. The van der Waals surface area contributed by atoms with Gasteiger partial charge in [0.1, 0.15) is 6.04 Å². The molecule has 2 N–H and O–H groups in total. The molecule has 1 saturated heterocycles. The predicted octanol–water partition coefficient (Wildman–Crippen LogP) is 0.717. The molecule has 9 nitrogen and oxygen atoms in total. The molecule has 0 saturated carbocycles. The zero-order valence-corrected chi connectivity index (χ0v) is 17.9. The highest BCUT2D eigenvalue weighted by Crippen LogP contribution is 2.13. The Morgan fingerprint density at radius 2 is 1.90 bits per heavy atom. The predicted molar refractivity (Wildman–Crippen MR) is 112 cm³/mol. The van der Waals surface area contributed by atoms with Crippen molar-refractivity contribution >= 4 is 29.4 Å². The number of nitrogens with zero attached hydrogens (tertiary/aromatic N) is 2. The summed E-state index contributed by atoms with van der Waals surface area (Å²) in [5.41, 5.74) is 1.22. The summed E-state index contributed by atoms with van der Waals surface area (Å²) in [6, 6.07) is 5.91. The van der Waals surface area contributed by atoms with Gasteiger partial charge in [0.2, 0.25) is 11.8 Å². The van der Waals surface area contributed by atoms with E-state index in [1.165, 1.54) is 9.80 Å². The second-order valence-electron chi connectivity index (χ2n) is 7.81. The minimum atomic E-state index is -0.882. The van der Waals surface area contributed by atoms with E-state index >= 15 is 0 Å². The van der Waals surface area contributed by atoms with Crippen LogP contribution in [0.25, 0.3) is 0 Å². The summed E-state index contributed by atoms with van der Waals surface area (Å²) in [6.07, 6.45) is -0.175. The van der Waals surface area contributed by atoms with Crippen molar-refractivity contribution in [3.63, 3.8) is 0 Å². The van der Waals surface area contributed by atoms with Gasteiger partial charge in [0.25, 0.3) is 5.91 Å². The molecule has 0 aliphatic carbocycles. The molecule has 1 aromatic rings. The van der Waals surface area contributed by atoms with Crippen molar-refractivity contribution in [3.8, 4) is 0 Å². The van der Waals surface area contributed by atoms with Gasteiger partial charge in [0.05, 0.1) is 19.6 Å². The summed E-state index contributed by atoms with van der Waals surface area (Å²) in [5, 5.41) is 5.69. The second-order valence-corrected chi connectivity index (χ2v) is 7.81. The van der Waals surface area contributed by atoms with Gasteiger partial charge in [-0.15, -0.1) is 0 Å². The number of amides is 3. The zero-order valence-electron chi connectivity index (χ0n) is 17.9. The van der Waals surface area contributed by atoms with Gasteiger partial charge >= 0.3 is 5.97 Å². The third-order valence-corrected chi connectivity index (χ3v) is 4.57. The van der Waals surface area contributed by atoms with Gasteiger partial charge < -0.3 is 25.2 Å². The molecule has 1 aliphatic rings. The first-order chi connectivity index (χ1) is 14.2. The molecule has 30 heavy (non-hydrogen) atoms. The Morgan fingerprint density at radius 3 is 2.50 bits per heavy atom. The van der Waals surface area contributed by atoms with Crippen molar-refractivity contribution in [2.75, 3.05) is 45.7 Å². The lowest BCUT2D eigenvalue weighted by atomic mass is 10.1. The van der Waals surface area contributed by atoms with E-state index in [0.717, 1.165) is 0 Å². The maximum Gasteiger partial charge on any atom is 0.308 e. The number of esters is 1. The molecule has 1 unspecified atom stereocenters. The number of benzene rings is 1. The number of piperazine rings is 1. The molecule has 3 amide bonds. The number of carbonyl (C=O) groups excluding carboxylic acids is 4. The van der Waals surface area contributed by atoms with Gasteiger partial charge in [0, 0.05) is 38.4 Å². The number of carbonyl (C=O) groups is 4. The van der Waals surface area contributed by atoms with E-state index in [1.54, 1.807) is 38.4 Å². The number of nitrogens with one attached hydrogen (secondary N) is 2. The summed E-state index contributed by atoms with van der Waals surface area (Å²) in [5.74, 6) is -1.07. The van der Waals surface area contributed by atoms with E-state index < -0.39 is 12.0 Å². The smallest absolute Gasteiger partial charge is 0.308 e. The third-order valence-electron chi connectivity index (χ3n) is 4.57. The highest BCUT2D eigenvalue weighted by atomic mass is 16.5. The Morgan fingerprint density at radius 1 is 1.23 bits per heavy atom.